The van der Waals surface area contributed by atoms with E-state index in [1.165, 1.54) is 0 Å². The summed E-state index contributed by atoms with van der Waals surface area (Å²) in [5, 5.41) is 0.600. The van der Waals surface area contributed by atoms with E-state index >= 15 is 0 Å². The molecule has 0 saturated carbocycles. The summed E-state index contributed by atoms with van der Waals surface area (Å²) in [6, 6.07) is 5.53. The Morgan fingerprint density at radius 2 is 2.29 bits per heavy atom. The van der Waals surface area contributed by atoms with Gasteiger partial charge in [0.15, 0.2) is 5.11 Å². The van der Waals surface area contributed by atoms with Gasteiger partial charge in [-0.2, -0.15) is 4.98 Å². The van der Waals surface area contributed by atoms with Crippen LogP contribution in [0.5, 0.6) is 5.88 Å². The number of hydrogen-bond acceptors (Lipinski definition) is 4. The van der Waals surface area contributed by atoms with Crippen LogP contribution in [0.1, 0.15) is 0 Å². The molecule has 0 radical (unpaired) electrons. The number of anilines is 1. The van der Waals surface area contributed by atoms with Gasteiger partial charge in [0, 0.05) is 25.5 Å². The molecule has 0 unspecified atom stereocenters. The maximum Gasteiger partial charge on any atom is 0.214 e. The molecule has 2 heterocycles. The topological polar surface area (TPSA) is 43.2 Å². The average Bonchev–Trinajstić information content (AvgIpc) is 2.91. The average molecular weight is 248 g/mol. The number of hydrogen-bond donors (Lipinski definition) is 0. The van der Waals surface area contributed by atoms with E-state index in [1.807, 2.05) is 19.2 Å². The van der Waals surface area contributed by atoms with Crippen LogP contribution >= 0.6 is 12.2 Å². The fourth-order valence-corrected chi connectivity index (χ4v) is 1.55. The van der Waals surface area contributed by atoms with Crippen molar-refractivity contribution in [2.24, 2.45) is 0 Å². The zero-order valence-corrected chi connectivity index (χ0v) is 10.4. The first-order chi connectivity index (χ1) is 8.22. The second-order valence-electron chi connectivity index (χ2n) is 3.35. The summed E-state index contributed by atoms with van der Waals surface area (Å²) >= 11 is 5.33. The predicted octanol–water partition coefficient (Wildman–Crippen LogP) is 1.56. The number of rotatable bonds is 2. The zero-order chi connectivity index (χ0) is 12.3. The molecule has 2 aromatic rings. The number of imidazole rings is 1. The van der Waals surface area contributed by atoms with E-state index in [9.17, 15) is 0 Å². The summed E-state index contributed by atoms with van der Waals surface area (Å²) in [6.45, 7) is 0. The highest BCUT2D eigenvalue weighted by molar-refractivity contribution is 7.80. The van der Waals surface area contributed by atoms with Crippen LogP contribution < -0.4 is 9.64 Å². The Morgan fingerprint density at radius 1 is 1.47 bits per heavy atom. The number of ether oxygens (including phenoxy) is 1. The van der Waals surface area contributed by atoms with Gasteiger partial charge >= 0.3 is 0 Å². The number of methoxy groups -OCH3 is 1. The standard InChI is InChI=1S/C11H12N4OS/c1-14(11(17)15-7-6-12-8-15)9-4-3-5-10(13-9)16-2/h3-8H,1-2H3. The Hall–Kier alpha value is -1.95. The molecular weight excluding hydrogens is 236 g/mol. The molecule has 2 rings (SSSR count). The molecular formula is C11H12N4OS. The van der Waals surface area contributed by atoms with E-state index in [2.05, 4.69) is 9.97 Å². The molecule has 6 heteroatoms. The second kappa shape index (κ2) is 4.92. The molecule has 0 atom stereocenters. The van der Waals surface area contributed by atoms with Gasteiger partial charge in [0.2, 0.25) is 5.88 Å². The van der Waals surface area contributed by atoms with Crippen molar-refractivity contribution >= 4 is 23.1 Å². The first kappa shape index (κ1) is 11.5. The van der Waals surface area contributed by atoms with Gasteiger partial charge in [0.1, 0.15) is 12.1 Å². The van der Waals surface area contributed by atoms with Crippen LogP contribution in [0, 0.1) is 0 Å². The van der Waals surface area contributed by atoms with Crippen molar-refractivity contribution in [3.63, 3.8) is 0 Å². The van der Waals surface area contributed by atoms with Crippen LogP contribution in [-0.2, 0) is 0 Å². The normalized spacial score (nSPS) is 10.0. The van der Waals surface area contributed by atoms with Crippen molar-refractivity contribution in [2.75, 3.05) is 19.1 Å². The van der Waals surface area contributed by atoms with Crippen LogP contribution in [-0.4, -0.2) is 33.8 Å². The van der Waals surface area contributed by atoms with E-state index in [0.717, 1.165) is 5.82 Å². The monoisotopic (exact) mass is 248 g/mol. The van der Waals surface area contributed by atoms with E-state index in [1.54, 1.807) is 41.4 Å². The quantitative estimate of drug-likeness (QED) is 0.754. The highest BCUT2D eigenvalue weighted by Crippen LogP contribution is 2.15. The van der Waals surface area contributed by atoms with Crippen molar-refractivity contribution < 1.29 is 4.74 Å². The summed E-state index contributed by atoms with van der Waals surface area (Å²) in [6.07, 6.45) is 5.12. The minimum atomic E-state index is 0.558. The highest BCUT2D eigenvalue weighted by Gasteiger charge is 2.10. The summed E-state index contributed by atoms with van der Waals surface area (Å²) in [5.41, 5.74) is 0. The van der Waals surface area contributed by atoms with Gasteiger partial charge in [0.05, 0.1) is 7.11 Å². The molecule has 0 aliphatic heterocycles. The molecule has 0 aromatic carbocycles. The summed E-state index contributed by atoms with van der Waals surface area (Å²) in [7, 11) is 3.43. The maximum atomic E-state index is 5.33. The Morgan fingerprint density at radius 3 is 2.94 bits per heavy atom. The van der Waals surface area contributed by atoms with E-state index in [0.29, 0.717) is 11.0 Å². The van der Waals surface area contributed by atoms with Crippen LogP contribution in [0.15, 0.2) is 36.9 Å². The molecule has 88 valence electrons. The van der Waals surface area contributed by atoms with Crippen molar-refractivity contribution in [1.29, 1.82) is 0 Å². The van der Waals surface area contributed by atoms with Gasteiger partial charge in [0.25, 0.3) is 0 Å². The maximum absolute atomic E-state index is 5.33. The molecule has 0 aliphatic rings. The van der Waals surface area contributed by atoms with Gasteiger partial charge in [-0.15, -0.1) is 0 Å². The van der Waals surface area contributed by atoms with Crippen LogP contribution in [0.2, 0.25) is 0 Å². The van der Waals surface area contributed by atoms with Gasteiger partial charge in [-0.3, -0.25) is 4.57 Å². The lowest BCUT2D eigenvalue weighted by Gasteiger charge is -2.19. The number of pyridine rings is 1. The van der Waals surface area contributed by atoms with Crippen molar-refractivity contribution in [3.8, 4) is 5.88 Å². The SMILES string of the molecule is COc1cccc(N(C)C(=S)n2ccnc2)n1. The second-order valence-corrected chi connectivity index (χ2v) is 3.71. The van der Waals surface area contributed by atoms with Crippen LogP contribution in [0.3, 0.4) is 0 Å². The smallest absolute Gasteiger partial charge is 0.214 e. The van der Waals surface area contributed by atoms with Gasteiger partial charge in [-0.05, 0) is 18.3 Å². The molecule has 17 heavy (non-hydrogen) atoms. The third-order valence-electron chi connectivity index (χ3n) is 2.27. The molecule has 0 spiro atoms. The molecule has 0 N–H and O–H groups in total. The molecule has 0 amide bonds. The van der Waals surface area contributed by atoms with E-state index < -0.39 is 0 Å². The van der Waals surface area contributed by atoms with Crippen molar-refractivity contribution in [1.82, 2.24) is 14.5 Å². The third-order valence-corrected chi connectivity index (χ3v) is 2.76. The van der Waals surface area contributed by atoms with Gasteiger partial charge < -0.3 is 9.64 Å². The fraction of sp³-hybridized carbons (Fsp3) is 0.182. The summed E-state index contributed by atoms with van der Waals surface area (Å²) in [4.78, 5) is 10.1. The molecule has 0 aliphatic carbocycles. The van der Waals surface area contributed by atoms with Crippen LogP contribution in [0.25, 0.3) is 0 Å². The number of aromatic nitrogens is 3. The Bertz CT molecular complexity index is 512. The largest absolute Gasteiger partial charge is 0.481 e. The first-order valence-corrected chi connectivity index (χ1v) is 5.40. The van der Waals surface area contributed by atoms with Gasteiger partial charge in [-0.1, -0.05) is 6.07 Å². The minimum absolute atomic E-state index is 0.558. The van der Waals surface area contributed by atoms with E-state index in [-0.39, 0.29) is 0 Å². The fourth-order valence-electron chi connectivity index (χ4n) is 1.35. The Kier molecular flexibility index (Phi) is 3.34. The molecule has 2 aromatic heterocycles. The Labute approximate surface area is 105 Å². The molecule has 5 nitrogen and oxygen atoms in total. The van der Waals surface area contributed by atoms with Crippen molar-refractivity contribution in [2.45, 2.75) is 0 Å². The minimum Gasteiger partial charge on any atom is -0.481 e. The predicted molar refractivity (Wildman–Crippen MR) is 69.4 cm³/mol. The number of thiocarbonyl (C=S) groups is 1. The molecule has 0 bridgehead atoms. The summed E-state index contributed by atoms with van der Waals surface area (Å²) < 4.78 is 6.82. The third kappa shape index (κ3) is 2.42. The number of nitrogens with zero attached hydrogens (tertiary/aromatic N) is 4. The lowest BCUT2D eigenvalue weighted by atomic mass is 10.4. The zero-order valence-electron chi connectivity index (χ0n) is 9.57. The first-order valence-electron chi connectivity index (χ1n) is 4.99. The van der Waals surface area contributed by atoms with E-state index in [4.69, 9.17) is 17.0 Å². The highest BCUT2D eigenvalue weighted by atomic mass is 32.1. The van der Waals surface area contributed by atoms with Gasteiger partial charge in [-0.25, -0.2) is 4.98 Å². The Balaban J connectivity index is 2.24. The van der Waals surface area contributed by atoms with Crippen molar-refractivity contribution in [3.05, 3.63) is 36.9 Å². The molecule has 0 saturated heterocycles. The summed E-state index contributed by atoms with van der Waals surface area (Å²) in [5.74, 6) is 1.28. The molecule has 0 fully saturated rings. The lowest BCUT2D eigenvalue weighted by molar-refractivity contribution is 0.398. The van der Waals surface area contributed by atoms with Crippen LogP contribution in [0.4, 0.5) is 5.82 Å². The lowest BCUT2D eigenvalue weighted by Crippen LogP contribution is -2.30.